The predicted molar refractivity (Wildman–Crippen MR) is 81.0 cm³/mol. The average molecular weight is 307 g/mol. The van der Waals surface area contributed by atoms with E-state index in [1.165, 1.54) is 0 Å². The van der Waals surface area contributed by atoms with E-state index in [9.17, 15) is 14.4 Å². The van der Waals surface area contributed by atoms with Crippen molar-refractivity contribution in [2.75, 3.05) is 7.11 Å². The van der Waals surface area contributed by atoms with Gasteiger partial charge in [-0.1, -0.05) is 0 Å². The Balaban J connectivity index is 2.32. The molecule has 0 saturated heterocycles. The van der Waals surface area contributed by atoms with Crippen LogP contribution in [-0.4, -0.2) is 35.9 Å². The first-order valence-corrected chi connectivity index (χ1v) is 7.10. The van der Waals surface area contributed by atoms with Crippen molar-refractivity contribution in [3.8, 4) is 5.75 Å². The zero-order valence-corrected chi connectivity index (χ0v) is 12.8. The molecule has 0 bridgehead atoms. The van der Waals surface area contributed by atoms with Crippen LogP contribution in [0.1, 0.15) is 43.0 Å². The van der Waals surface area contributed by atoms with Crippen molar-refractivity contribution < 1.29 is 24.2 Å². The summed E-state index contributed by atoms with van der Waals surface area (Å²) in [6.07, 6.45) is 0.784. The Bertz CT molecular complexity index is 524. The zero-order valence-electron chi connectivity index (χ0n) is 12.8. The van der Waals surface area contributed by atoms with Gasteiger partial charge in [0.25, 0.3) is 0 Å². The number of ketones is 1. The maximum atomic E-state index is 11.9. The molecule has 0 spiro atoms. The first-order chi connectivity index (χ1) is 10.4. The van der Waals surface area contributed by atoms with Crippen LogP contribution in [-0.2, 0) is 9.59 Å². The van der Waals surface area contributed by atoms with Gasteiger partial charge in [-0.25, -0.2) is 0 Å². The SMILES string of the molecule is COc1ccc(C(=O)CCCC(=O)NC(C)CC(=O)O)cc1. The molecular weight excluding hydrogens is 286 g/mol. The van der Waals surface area contributed by atoms with Gasteiger partial charge in [0, 0.05) is 24.4 Å². The van der Waals surface area contributed by atoms with Crippen LogP contribution in [0.2, 0.25) is 0 Å². The molecule has 1 aromatic rings. The molecule has 0 aromatic heterocycles. The van der Waals surface area contributed by atoms with Gasteiger partial charge >= 0.3 is 5.97 Å². The molecule has 0 aliphatic carbocycles. The number of carbonyl (C=O) groups excluding carboxylic acids is 2. The summed E-state index contributed by atoms with van der Waals surface area (Å²) >= 11 is 0. The fourth-order valence-electron chi connectivity index (χ4n) is 1.99. The van der Waals surface area contributed by atoms with Crippen molar-refractivity contribution in [2.45, 2.75) is 38.6 Å². The maximum Gasteiger partial charge on any atom is 0.305 e. The zero-order chi connectivity index (χ0) is 16.5. The predicted octanol–water partition coefficient (Wildman–Crippen LogP) is 2.03. The summed E-state index contributed by atoms with van der Waals surface area (Å²) in [6.45, 7) is 1.63. The van der Waals surface area contributed by atoms with E-state index in [1.54, 1.807) is 38.3 Å². The second-order valence-corrected chi connectivity index (χ2v) is 5.07. The van der Waals surface area contributed by atoms with Crippen molar-refractivity contribution in [2.24, 2.45) is 0 Å². The quantitative estimate of drug-likeness (QED) is 0.681. The minimum absolute atomic E-state index is 0.0333. The van der Waals surface area contributed by atoms with E-state index in [2.05, 4.69) is 5.32 Å². The van der Waals surface area contributed by atoms with Crippen LogP contribution in [0.25, 0.3) is 0 Å². The molecule has 6 nitrogen and oxygen atoms in total. The summed E-state index contributed by atoms with van der Waals surface area (Å²) in [5.41, 5.74) is 0.584. The number of carbonyl (C=O) groups is 3. The molecule has 1 aromatic carbocycles. The Morgan fingerprint density at radius 2 is 1.82 bits per heavy atom. The van der Waals surface area contributed by atoms with E-state index >= 15 is 0 Å². The second-order valence-electron chi connectivity index (χ2n) is 5.07. The molecule has 0 fully saturated rings. The highest BCUT2D eigenvalue weighted by Crippen LogP contribution is 2.13. The third-order valence-corrected chi connectivity index (χ3v) is 3.11. The Kier molecular flexibility index (Phi) is 7.08. The van der Waals surface area contributed by atoms with Gasteiger partial charge in [0.05, 0.1) is 13.5 Å². The van der Waals surface area contributed by atoms with Crippen LogP contribution in [0.4, 0.5) is 0 Å². The number of amides is 1. The van der Waals surface area contributed by atoms with Crippen LogP contribution in [0.5, 0.6) is 5.75 Å². The van der Waals surface area contributed by atoms with E-state index in [0.29, 0.717) is 17.7 Å². The Labute approximate surface area is 129 Å². The van der Waals surface area contributed by atoms with Gasteiger partial charge in [-0.15, -0.1) is 0 Å². The van der Waals surface area contributed by atoms with Crippen LogP contribution in [0, 0.1) is 0 Å². The number of methoxy groups -OCH3 is 1. The normalized spacial score (nSPS) is 11.5. The van der Waals surface area contributed by atoms with Crippen molar-refractivity contribution >= 4 is 17.7 Å². The second kappa shape index (κ2) is 8.81. The van der Waals surface area contributed by atoms with Crippen molar-refractivity contribution in [3.63, 3.8) is 0 Å². The lowest BCUT2D eigenvalue weighted by atomic mass is 10.1. The largest absolute Gasteiger partial charge is 0.497 e. The average Bonchev–Trinajstić information content (AvgIpc) is 2.46. The van der Waals surface area contributed by atoms with Crippen LogP contribution >= 0.6 is 0 Å². The summed E-state index contributed by atoms with van der Waals surface area (Å²) < 4.78 is 5.02. The first kappa shape index (κ1) is 17.7. The molecule has 1 unspecified atom stereocenters. The first-order valence-electron chi connectivity index (χ1n) is 7.10. The third kappa shape index (κ3) is 6.39. The monoisotopic (exact) mass is 307 g/mol. The number of ether oxygens (including phenoxy) is 1. The lowest BCUT2D eigenvalue weighted by Crippen LogP contribution is -2.34. The number of hydrogen-bond donors (Lipinski definition) is 2. The number of aliphatic carboxylic acids is 1. The summed E-state index contributed by atoms with van der Waals surface area (Å²) in [4.78, 5) is 34.0. The molecule has 0 aliphatic heterocycles. The minimum atomic E-state index is -0.956. The highest BCUT2D eigenvalue weighted by atomic mass is 16.5. The molecule has 2 N–H and O–H groups in total. The van der Waals surface area contributed by atoms with Crippen molar-refractivity contribution in [1.82, 2.24) is 5.32 Å². The molecule has 1 rings (SSSR count). The Morgan fingerprint density at radius 1 is 1.18 bits per heavy atom. The molecule has 0 aliphatic rings. The molecular formula is C16H21NO5. The topological polar surface area (TPSA) is 92.7 Å². The highest BCUT2D eigenvalue weighted by molar-refractivity contribution is 5.96. The van der Waals surface area contributed by atoms with Gasteiger partial charge in [0.1, 0.15) is 5.75 Å². The van der Waals surface area contributed by atoms with E-state index in [0.717, 1.165) is 0 Å². The fraction of sp³-hybridized carbons (Fsp3) is 0.438. The number of carboxylic acids is 1. The summed E-state index contributed by atoms with van der Waals surface area (Å²) in [6, 6.07) is 6.40. The lowest BCUT2D eigenvalue weighted by Gasteiger charge is -2.11. The van der Waals surface area contributed by atoms with Gasteiger partial charge in [-0.2, -0.15) is 0 Å². The van der Waals surface area contributed by atoms with Crippen LogP contribution in [0.15, 0.2) is 24.3 Å². The third-order valence-electron chi connectivity index (χ3n) is 3.11. The van der Waals surface area contributed by atoms with Gasteiger partial charge in [-0.3, -0.25) is 14.4 Å². The number of nitrogens with one attached hydrogen (secondary N) is 1. The smallest absolute Gasteiger partial charge is 0.305 e. The van der Waals surface area contributed by atoms with Gasteiger partial charge < -0.3 is 15.2 Å². The van der Waals surface area contributed by atoms with E-state index in [4.69, 9.17) is 9.84 Å². The van der Waals surface area contributed by atoms with Gasteiger partial charge in [0.15, 0.2) is 5.78 Å². The van der Waals surface area contributed by atoms with E-state index in [1.807, 2.05) is 0 Å². The standard InChI is InChI=1S/C16H21NO5/c1-11(10-16(20)21)17-15(19)5-3-4-14(18)12-6-8-13(22-2)9-7-12/h6-9,11H,3-5,10H2,1-2H3,(H,17,19)(H,20,21). The molecule has 6 heteroatoms. The molecule has 120 valence electrons. The maximum absolute atomic E-state index is 11.9. The molecule has 1 atom stereocenters. The Morgan fingerprint density at radius 3 is 2.36 bits per heavy atom. The van der Waals surface area contributed by atoms with E-state index in [-0.39, 0.29) is 31.0 Å². The van der Waals surface area contributed by atoms with E-state index < -0.39 is 12.0 Å². The van der Waals surface area contributed by atoms with Crippen molar-refractivity contribution in [3.05, 3.63) is 29.8 Å². The molecule has 22 heavy (non-hydrogen) atoms. The van der Waals surface area contributed by atoms with Gasteiger partial charge in [-0.05, 0) is 37.6 Å². The summed E-state index contributed by atoms with van der Waals surface area (Å²) in [7, 11) is 1.56. The fourth-order valence-corrected chi connectivity index (χ4v) is 1.99. The van der Waals surface area contributed by atoms with Crippen molar-refractivity contribution in [1.29, 1.82) is 0 Å². The number of Topliss-reactive ketones (excluding diaryl/α,β-unsaturated/α-hetero) is 1. The molecule has 0 saturated carbocycles. The summed E-state index contributed by atoms with van der Waals surface area (Å²) in [5.74, 6) is -0.545. The highest BCUT2D eigenvalue weighted by Gasteiger charge is 2.12. The number of carboxylic acid groups (broad SMARTS) is 1. The number of hydrogen-bond acceptors (Lipinski definition) is 4. The van der Waals surface area contributed by atoms with Crippen LogP contribution < -0.4 is 10.1 Å². The minimum Gasteiger partial charge on any atom is -0.497 e. The Hall–Kier alpha value is -2.37. The number of benzene rings is 1. The number of rotatable bonds is 9. The van der Waals surface area contributed by atoms with Gasteiger partial charge in [0.2, 0.25) is 5.91 Å². The lowest BCUT2D eigenvalue weighted by molar-refractivity contribution is -0.137. The molecule has 0 heterocycles. The molecule has 1 amide bonds. The molecule has 0 radical (unpaired) electrons. The van der Waals surface area contributed by atoms with Crippen LogP contribution in [0.3, 0.4) is 0 Å². The summed E-state index contributed by atoms with van der Waals surface area (Å²) in [5, 5.41) is 11.2.